The molecular formula is C9H20ClNO5. The number of aliphatic hydroxyl groups excluding tert-OH is 2. The Morgan fingerprint density at radius 2 is 1.81 bits per heavy atom. The van der Waals surface area contributed by atoms with Gasteiger partial charge in [-0.05, 0) is 20.8 Å². The maximum absolute atomic E-state index is 10.4. The van der Waals surface area contributed by atoms with Crippen LogP contribution in [-0.2, 0) is 9.53 Å². The molecule has 0 spiro atoms. The van der Waals surface area contributed by atoms with Gasteiger partial charge >= 0.3 is 5.97 Å². The maximum Gasteiger partial charge on any atom is 0.320 e. The molecule has 0 heterocycles. The number of carboxylic acids is 1. The fourth-order valence-electron chi connectivity index (χ4n) is 0.918. The van der Waals surface area contributed by atoms with Gasteiger partial charge < -0.3 is 25.8 Å². The van der Waals surface area contributed by atoms with E-state index in [0.717, 1.165) is 0 Å². The number of hydrogen-bond acceptors (Lipinski definition) is 5. The minimum absolute atomic E-state index is 0. The van der Waals surface area contributed by atoms with Crippen LogP contribution in [0.3, 0.4) is 0 Å². The van der Waals surface area contributed by atoms with E-state index < -0.39 is 30.0 Å². The summed E-state index contributed by atoms with van der Waals surface area (Å²) >= 11 is 0. The van der Waals surface area contributed by atoms with Crippen LogP contribution >= 0.6 is 12.4 Å². The third-order valence-corrected chi connectivity index (χ3v) is 1.62. The second-order valence-corrected chi connectivity index (χ2v) is 4.37. The van der Waals surface area contributed by atoms with E-state index in [1.165, 1.54) is 0 Å². The lowest BCUT2D eigenvalue weighted by Crippen LogP contribution is -2.41. The maximum atomic E-state index is 10.4. The van der Waals surface area contributed by atoms with E-state index in [0.29, 0.717) is 0 Å². The van der Waals surface area contributed by atoms with Gasteiger partial charge in [0.15, 0.2) is 6.29 Å². The molecule has 0 aliphatic carbocycles. The van der Waals surface area contributed by atoms with E-state index in [2.05, 4.69) is 0 Å². The normalized spacial score (nSPS) is 17.1. The molecule has 0 aliphatic rings. The number of ether oxygens (including phenoxy) is 1. The molecule has 6 nitrogen and oxygen atoms in total. The molecule has 7 heteroatoms. The van der Waals surface area contributed by atoms with E-state index in [4.69, 9.17) is 15.6 Å². The van der Waals surface area contributed by atoms with Crippen LogP contribution in [0.2, 0.25) is 0 Å². The zero-order valence-electron chi connectivity index (χ0n) is 9.58. The van der Waals surface area contributed by atoms with Crippen LogP contribution in [0, 0.1) is 0 Å². The Hall–Kier alpha value is -0.400. The minimum Gasteiger partial charge on any atom is -0.480 e. The number of aliphatic carboxylic acids is 1. The van der Waals surface area contributed by atoms with Crippen molar-refractivity contribution in [1.82, 2.24) is 0 Å². The topological polar surface area (TPSA) is 113 Å². The monoisotopic (exact) mass is 257 g/mol. The van der Waals surface area contributed by atoms with Gasteiger partial charge in [-0.2, -0.15) is 0 Å². The first-order chi connectivity index (χ1) is 6.63. The summed E-state index contributed by atoms with van der Waals surface area (Å²) in [6.07, 6.45) is -3.00. The van der Waals surface area contributed by atoms with Gasteiger partial charge in [0.05, 0.1) is 5.60 Å². The summed E-state index contributed by atoms with van der Waals surface area (Å²) in [6.45, 7) is 5.13. The number of rotatable bonds is 5. The first-order valence-electron chi connectivity index (χ1n) is 4.66. The quantitative estimate of drug-likeness (QED) is 0.503. The van der Waals surface area contributed by atoms with Gasteiger partial charge in [-0.3, -0.25) is 4.79 Å². The summed E-state index contributed by atoms with van der Waals surface area (Å²) in [7, 11) is 0. The molecule has 16 heavy (non-hydrogen) atoms. The van der Waals surface area contributed by atoms with E-state index in [1.54, 1.807) is 20.8 Å². The van der Waals surface area contributed by atoms with E-state index in [1.807, 2.05) is 0 Å². The summed E-state index contributed by atoms with van der Waals surface area (Å²) in [5.41, 5.74) is 4.58. The molecule has 0 aromatic carbocycles. The lowest BCUT2D eigenvalue weighted by Gasteiger charge is -2.27. The van der Waals surface area contributed by atoms with Crippen molar-refractivity contribution in [3.63, 3.8) is 0 Å². The van der Waals surface area contributed by atoms with Gasteiger partial charge in [0.2, 0.25) is 0 Å². The summed E-state index contributed by atoms with van der Waals surface area (Å²) in [5.74, 6) is -1.22. The average molecular weight is 258 g/mol. The number of nitrogens with two attached hydrogens (primary N) is 1. The van der Waals surface area contributed by atoms with Crippen molar-refractivity contribution in [3.8, 4) is 0 Å². The number of hydrogen-bond donors (Lipinski definition) is 4. The molecule has 0 amide bonds. The van der Waals surface area contributed by atoms with Crippen molar-refractivity contribution in [2.45, 2.75) is 51.2 Å². The van der Waals surface area contributed by atoms with Crippen LogP contribution in [0.1, 0.15) is 27.2 Å². The molecule has 5 N–H and O–H groups in total. The van der Waals surface area contributed by atoms with E-state index >= 15 is 0 Å². The Morgan fingerprint density at radius 1 is 1.38 bits per heavy atom. The number of carbonyl (C=O) groups is 1. The first-order valence-corrected chi connectivity index (χ1v) is 4.66. The Morgan fingerprint density at radius 3 is 2.12 bits per heavy atom. The van der Waals surface area contributed by atoms with Crippen molar-refractivity contribution in [1.29, 1.82) is 0 Å². The third-order valence-electron chi connectivity index (χ3n) is 1.62. The fraction of sp³-hybridized carbons (Fsp3) is 0.889. The van der Waals surface area contributed by atoms with Gasteiger partial charge in [-0.25, -0.2) is 0 Å². The minimum atomic E-state index is -1.43. The Balaban J connectivity index is 0. The molecular weight excluding hydrogens is 238 g/mol. The number of carboxylic acid groups (broad SMARTS) is 1. The van der Waals surface area contributed by atoms with Gasteiger partial charge in [0.25, 0.3) is 0 Å². The Kier molecular flexibility index (Phi) is 7.90. The first kappa shape index (κ1) is 18.0. The largest absolute Gasteiger partial charge is 0.480 e. The molecule has 3 atom stereocenters. The van der Waals surface area contributed by atoms with E-state index in [9.17, 15) is 15.0 Å². The summed E-state index contributed by atoms with van der Waals surface area (Å²) < 4.78 is 5.04. The molecule has 0 fully saturated rings. The average Bonchev–Trinajstić information content (AvgIpc) is 2.00. The SMILES string of the molecule is CC(C)(C)O[C@H](O)[C@@H](O)C[C@H](N)C(=O)O.Cl. The highest BCUT2D eigenvalue weighted by Crippen LogP contribution is 2.13. The van der Waals surface area contributed by atoms with Gasteiger partial charge in [-0.15, -0.1) is 12.4 Å². The fourth-order valence-corrected chi connectivity index (χ4v) is 0.918. The number of halogens is 1. The second kappa shape index (κ2) is 7.03. The second-order valence-electron chi connectivity index (χ2n) is 4.37. The standard InChI is InChI=1S/C9H19NO5.ClH/c1-9(2,3)15-8(14)6(11)4-5(10)7(12)13;/h5-6,8,11,14H,4,10H2,1-3H3,(H,12,13);1H/t5-,6-,8-;/m0./s1. The predicted molar refractivity (Wildman–Crippen MR) is 60.3 cm³/mol. The Labute approximate surface area is 101 Å². The molecule has 0 unspecified atom stereocenters. The highest BCUT2D eigenvalue weighted by Gasteiger charge is 2.26. The van der Waals surface area contributed by atoms with Crippen LogP contribution in [0.4, 0.5) is 0 Å². The van der Waals surface area contributed by atoms with Crippen molar-refractivity contribution in [2.24, 2.45) is 5.73 Å². The van der Waals surface area contributed by atoms with Crippen molar-refractivity contribution in [2.75, 3.05) is 0 Å². The lowest BCUT2D eigenvalue weighted by atomic mass is 10.1. The molecule has 0 aromatic rings. The highest BCUT2D eigenvalue weighted by molar-refractivity contribution is 5.85. The van der Waals surface area contributed by atoms with Crippen LogP contribution in [0.5, 0.6) is 0 Å². The van der Waals surface area contributed by atoms with Crippen LogP contribution in [0.15, 0.2) is 0 Å². The van der Waals surface area contributed by atoms with Gasteiger partial charge in [0, 0.05) is 6.42 Å². The lowest BCUT2D eigenvalue weighted by molar-refractivity contribution is -0.212. The molecule has 0 rings (SSSR count). The van der Waals surface area contributed by atoms with Gasteiger partial charge in [0.1, 0.15) is 12.1 Å². The smallest absolute Gasteiger partial charge is 0.320 e. The molecule has 0 radical (unpaired) electrons. The summed E-state index contributed by atoms with van der Waals surface area (Å²) in [5, 5.41) is 27.2. The van der Waals surface area contributed by atoms with Crippen LogP contribution < -0.4 is 5.73 Å². The number of aliphatic hydroxyl groups is 2. The van der Waals surface area contributed by atoms with Crippen molar-refractivity contribution >= 4 is 18.4 Å². The summed E-state index contributed by atoms with van der Waals surface area (Å²) in [4.78, 5) is 10.4. The van der Waals surface area contributed by atoms with Crippen LogP contribution in [0.25, 0.3) is 0 Å². The zero-order valence-corrected chi connectivity index (χ0v) is 10.4. The molecule has 0 saturated carbocycles. The zero-order chi connectivity index (χ0) is 12.2. The Bertz CT molecular complexity index is 218. The predicted octanol–water partition coefficient (Wildman–Crippen LogP) is -0.295. The third kappa shape index (κ3) is 7.84. The summed E-state index contributed by atoms with van der Waals surface area (Å²) in [6, 6.07) is -1.21. The van der Waals surface area contributed by atoms with E-state index in [-0.39, 0.29) is 18.8 Å². The van der Waals surface area contributed by atoms with Crippen molar-refractivity contribution < 1.29 is 24.9 Å². The molecule has 0 bridgehead atoms. The molecule has 0 saturated heterocycles. The van der Waals surface area contributed by atoms with Crippen LogP contribution in [-0.4, -0.2) is 45.3 Å². The van der Waals surface area contributed by atoms with Crippen molar-refractivity contribution in [3.05, 3.63) is 0 Å². The highest BCUT2D eigenvalue weighted by atomic mass is 35.5. The van der Waals surface area contributed by atoms with Gasteiger partial charge in [-0.1, -0.05) is 0 Å². The molecule has 0 aromatic heterocycles. The molecule has 98 valence electrons. The molecule has 0 aliphatic heterocycles.